The topological polar surface area (TPSA) is 78.9 Å². The SMILES string of the molecule is CC/C=C\C/C=C\C/C=C\C/C=C\C/C=C\CCCCCC(=O)OCC(COC(=O)CCCCC/C=C\CCCCCCCCC)OC(=O)CCC/C=C\C/C=C\C/C=C\C/C=C\C/C=C\CC. The third-order valence-corrected chi connectivity index (χ3v) is 10.9. The number of hydrogen-bond donors (Lipinski definition) is 0. The van der Waals surface area contributed by atoms with E-state index in [-0.39, 0.29) is 37.5 Å². The van der Waals surface area contributed by atoms with E-state index in [0.29, 0.717) is 19.3 Å². The van der Waals surface area contributed by atoms with Crippen molar-refractivity contribution in [1.82, 2.24) is 0 Å². The maximum absolute atomic E-state index is 12.8. The van der Waals surface area contributed by atoms with E-state index in [4.69, 9.17) is 14.2 Å². The van der Waals surface area contributed by atoms with Crippen LogP contribution in [-0.4, -0.2) is 37.2 Å². The lowest BCUT2D eigenvalue weighted by molar-refractivity contribution is -0.167. The van der Waals surface area contributed by atoms with Crippen molar-refractivity contribution in [3.63, 3.8) is 0 Å². The van der Waals surface area contributed by atoms with Crippen molar-refractivity contribution in [3.05, 3.63) is 134 Å². The molecule has 0 heterocycles. The Morgan fingerprint density at radius 3 is 0.956 bits per heavy atom. The zero-order valence-electron chi connectivity index (χ0n) is 43.6. The summed E-state index contributed by atoms with van der Waals surface area (Å²) in [5.74, 6) is -1.04. The number of hydrogen-bond acceptors (Lipinski definition) is 6. The van der Waals surface area contributed by atoms with Gasteiger partial charge < -0.3 is 14.2 Å². The molecule has 0 aliphatic rings. The molecule has 0 bridgehead atoms. The Morgan fingerprint density at radius 2 is 0.588 bits per heavy atom. The molecule has 0 N–H and O–H groups in total. The van der Waals surface area contributed by atoms with Crippen LogP contribution in [-0.2, 0) is 28.6 Å². The van der Waals surface area contributed by atoms with Gasteiger partial charge >= 0.3 is 17.9 Å². The highest BCUT2D eigenvalue weighted by atomic mass is 16.6. The smallest absolute Gasteiger partial charge is 0.306 e. The zero-order valence-corrected chi connectivity index (χ0v) is 43.6. The number of carbonyl (C=O) groups excluding carboxylic acids is 3. The van der Waals surface area contributed by atoms with E-state index < -0.39 is 6.10 Å². The molecule has 0 aromatic carbocycles. The summed E-state index contributed by atoms with van der Waals surface area (Å²) in [5.41, 5.74) is 0. The summed E-state index contributed by atoms with van der Waals surface area (Å²) in [4.78, 5) is 38.1. The minimum Gasteiger partial charge on any atom is -0.462 e. The molecule has 6 heteroatoms. The van der Waals surface area contributed by atoms with E-state index in [1.807, 2.05) is 0 Å². The molecule has 382 valence electrons. The van der Waals surface area contributed by atoms with Crippen LogP contribution in [0.2, 0.25) is 0 Å². The maximum atomic E-state index is 12.8. The summed E-state index contributed by atoms with van der Waals surface area (Å²) in [6.45, 7) is 6.30. The van der Waals surface area contributed by atoms with Crippen molar-refractivity contribution in [1.29, 1.82) is 0 Å². The molecule has 0 radical (unpaired) electrons. The molecule has 6 nitrogen and oxygen atoms in total. The molecule has 0 saturated carbocycles. The van der Waals surface area contributed by atoms with Gasteiger partial charge in [0, 0.05) is 19.3 Å². The van der Waals surface area contributed by atoms with Crippen LogP contribution in [0.1, 0.15) is 220 Å². The van der Waals surface area contributed by atoms with Crippen molar-refractivity contribution in [2.45, 2.75) is 226 Å². The molecule has 0 fully saturated rings. The van der Waals surface area contributed by atoms with Crippen LogP contribution >= 0.6 is 0 Å². The fourth-order valence-corrected chi connectivity index (χ4v) is 6.85. The number of rotatable bonds is 47. The maximum Gasteiger partial charge on any atom is 0.306 e. The second-order valence-corrected chi connectivity index (χ2v) is 17.4. The van der Waals surface area contributed by atoms with Crippen molar-refractivity contribution >= 4 is 17.9 Å². The van der Waals surface area contributed by atoms with Gasteiger partial charge in [-0.1, -0.05) is 206 Å². The average molecular weight is 939 g/mol. The molecule has 1 atom stereocenters. The van der Waals surface area contributed by atoms with Gasteiger partial charge in [-0.3, -0.25) is 14.4 Å². The van der Waals surface area contributed by atoms with Crippen molar-refractivity contribution in [3.8, 4) is 0 Å². The minimum absolute atomic E-state index is 0.124. The van der Waals surface area contributed by atoms with Crippen LogP contribution < -0.4 is 0 Å². The van der Waals surface area contributed by atoms with E-state index >= 15 is 0 Å². The number of esters is 3. The van der Waals surface area contributed by atoms with Gasteiger partial charge in [-0.15, -0.1) is 0 Å². The van der Waals surface area contributed by atoms with E-state index in [0.717, 1.165) is 128 Å². The second kappa shape index (κ2) is 55.1. The quantitative estimate of drug-likeness (QED) is 0.0262. The van der Waals surface area contributed by atoms with Gasteiger partial charge in [0.15, 0.2) is 6.10 Å². The van der Waals surface area contributed by atoms with Gasteiger partial charge in [-0.05, 0) is 128 Å². The summed E-state index contributed by atoms with van der Waals surface area (Å²) < 4.78 is 16.7. The first-order chi connectivity index (χ1) is 33.5. The van der Waals surface area contributed by atoms with E-state index in [1.54, 1.807) is 0 Å². The number of carbonyl (C=O) groups is 3. The predicted molar refractivity (Wildman–Crippen MR) is 292 cm³/mol. The third-order valence-electron chi connectivity index (χ3n) is 10.9. The van der Waals surface area contributed by atoms with Gasteiger partial charge in [-0.25, -0.2) is 0 Å². The summed E-state index contributed by atoms with van der Waals surface area (Å²) in [6, 6.07) is 0. The third kappa shape index (κ3) is 52.5. The lowest BCUT2D eigenvalue weighted by Gasteiger charge is -2.18. The van der Waals surface area contributed by atoms with Crippen LogP contribution in [0.4, 0.5) is 0 Å². The molecule has 0 aromatic rings. The van der Waals surface area contributed by atoms with Crippen molar-refractivity contribution in [2.75, 3.05) is 13.2 Å². The normalized spacial score (nSPS) is 13.2. The number of unbranched alkanes of at least 4 members (excludes halogenated alkanes) is 14. The van der Waals surface area contributed by atoms with Gasteiger partial charge in [0.05, 0.1) is 0 Å². The lowest BCUT2D eigenvalue weighted by Crippen LogP contribution is -2.30. The number of allylic oxidation sites excluding steroid dienone is 22. The molecule has 0 saturated heterocycles. The molecule has 1 unspecified atom stereocenters. The van der Waals surface area contributed by atoms with Crippen LogP contribution in [0.25, 0.3) is 0 Å². The molecule has 0 spiro atoms. The Morgan fingerprint density at radius 1 is 0.309 bits per heavy atom. The second-order valence-electron chi connectivity index (χ2n) is 17.4. The summed E-state index contributed by atoms with van der Waals surface area (Å²) in [6.07, 6.45) is 77.3. The van der Waals surface area contributed by atoms with Gasteiger partial charge in [0.1, 0.15) is 13.2 Å². The molecule has 0 amide bonds. The largest absolute Gasteiger partial charge is 0.462 e. The van der Waals surface area contributed by atoms with Gasteiger partial charge in [-0.2, -0.15) is 0 Å². The Hall–Kier alpha value is -4.45. The fourth-order valence-electron chi connectivity index (χ4n) is 6.85. The summed E-state index contributed by atoms with van der Waals surface area (Å²) >= 11 is 0. The highest BCUT2D eigenvalue weighted by Gasteiger charge is 2.19. The summed E-state index contributed by atoms with van der Waals surface area (Å²) in [7, 11) is 0. The molecule has 0 aliphatic carbocycles. The standard InChI is InChI=1S/C62H98O6/c1-4-7-10-13-16-19-22-25-28-30-31-33-34-37-40-43-46-49-52-55-61(64)67-58-59(57-66-60(63)54-51-48-45-42-39-36-27-24-21-18-15-12-9-6-3)68-62(65)56-53-50-47-44-41-38-35-32-29-26-23-20-17-14-11-8-5-2/h7-8,10-11,16-17,19-20,25-26,28-29,31,33,35-40,44,47,59H,4-6,9,12-15,18,21-24,27,30,32,34,41-43,45-46,48-58H2,1-3H3/b10-7-,11-8-,19-16-,20-17-,28-25-,29-26-,33-31-,38-35-,39-36-,40-37-,47-44-. The van der Waals surface area contributed by atoms with Crippen molar-refractivity contribution in [2.24, 2.45) is 0 Å². The Kier molecular flexibility index (Phi) is 51.5. The van der Waals surface area contributed by atoms with Crippen LogP contribution in [0, 0.1) is 0 Å². The first-order valence-corrected chi connectivity index (χ1v) is 27.2. The Balaban J connectivity index is 4.58. The van der Waals surface area contributed by atoms with Crippen LogP contribution in [0.15, 0.2) is 134 Å². The Labute approximate surface area is 417 Å². The van der Waals surface area contributed by atoms with E-state index in [9.17, 15) is 14.4 Å². The molecule has 0 rings (SSSR count). The monoisotopic (exact) mass is 939 g/mol. The Bertz CT molecular complexity index is 1500. The van der Waals surface area contributed by atoms with Crippen LogP contribution in [0.5, 0.6) is 0 Å². The van der Waals surface area contributed by atoms with E-state index in [1.165, 1.54) is 44.9 Å². The minimum atomic E-state index is -0.832. The predicted octanol–water partition coefficient (Wildman–Crippen LogP) is 18.3. The molecular formula is C62H98O6. The zero-order chi connectivity index (χ0) is 49.3. The molecule has 0 aromatic heterocycles. The highest BCUT2D eigenvalue weighted by molar-refractivity contribution is 5.71. The molecule has 0 aliphatic heterocycles. The van der Waals surface area contributed by atoms with Gasteiger partial charge in [0.2, 0.25) is 0 Å². The van der Waals surface area contributed by atoms with Crippen molar-refractivity contribution < 1.29 is 28.6 Å². The number of ether oxygens (including phenoxy) is 3. The van der Waals surface area contributed by atoms with Crippen LogP contribution in [0.3, 0.4) is 0 Å². The first kappa shape index (κ1) is 63.5. The molecular weight excluding hydrogens is 841 g/mol. The highest BCUT2D eigenvalue weighted by Crippen LogP contribution is 2.12. The summed E-state index contributed by atoms with van der Waals surface area (Å²) in [5, 5.41) is 0. The average Bonchev–Trinajstić information content (AvgIpc) is 3.34. The van der Waals surface area contributed by atoms with Gasteiger partial charge in [0.25, 0.3) is 0 Å². The molecule has 68 heavy (non-hydrogen) atoms. The van der Waals surface area contributed by atoms with E-state index in [2.05, 4.69) is 154 Å². The first-order valence-electron chi connectivity index (χ1n) is 27.2. The fraction of sp³-hybridized carbons (Fsp3) is 0.597. The lowest BCUT2D eigenvalue weighted by atomic mass is 10.1.